The first-order valence-electron chi connectivity index (χ1n) is 4.19. The van der Waals surface area contributed by atoms with E-state index in [1.807, 2.05) is 0 Å². The first-order chi connectivity index (χ1) is 7.70. The van der Waals surface area contributed by atoms with Gasteiger partial charge in [-0.2, -0.15) is 0 Å². The molecule has 96 valence electrons. The normalized spacial score (nSPS) is 9.83. The third-order valence-electron chi connectivity index (χ3n) is 1.65. The van der Waals surface area contributed by atoms with E-state index in [1.54, 1.807) is 6.92 Å². The van der Waals surface area contributed by atoms with Crippen molar-refractivity contribution in [1.82, 2.24) is 4.98 Å². The van der Waals surface area contributed by atoms with Crippen molar-refractivity contribution >= 4 is 51.8 Å². The summed E-state index contributed by atoms with van der Waals surface area (Å²) in [5.74, 6) is -0.156. The Bertz CT molecular complexity index is 439. The molecular weight excluding hydrogens is 293 g/mol. The van der Waals surface area contributed by atoms with Crippen molar-refractivity contribution in [2.75, 3.05) is 0 Å². The predicted octanol–water partition coefficient (Wildman–Crippen LogP) is -2.17. The van der Waals surface area contributed by atoms with Gasteiger partial charge >= 0.3 is 37.7 Å². The monoisotopic (exact) mass is 303 g/mol. The van der Waals surface area contributed by atoms with Crippen LogP contribution in [0.5, 0.6) is 5.75 Å². The van der Waals surface area contributed by atoms with E-state index >= 15 is 0 Å². The maximum atomic E-state index is 10.5. The van der Waals surface area contributed by atoms with Crippen LogP contribution in [0.15, 0.2) is 6.20 Å². The number of aldehydes is 1. The minimum Gasteiger partial charge on any atom is -0.790 e. The Balaban J connectivity index is 0. The summed E-state index contributed by atoms with van der Waals surface area (Å²) in [5, 5.41) is 18.1. The summed E-state index contributed by atoms with van der Waals surface area (Å²) in [5.41, 5.74) is 0.840. The fourth-order valence-corrected chi connectivity index (χ4v) is 0.910. The van der Waals surface area contributed by atoms with E-state index in [0.717, 1.165) is 0 Å². The summed E-state index contributed by atoms with van der Waals surface area (Å²) in [6, 6.07) is 0. The average Bonchev–Trinajstić information content (AvgIpc) is 2.19. The van der Waals surface area contributed by atoms with E-state index in [2.05, 4.69) is 4.98 Å². The number of nitrogens with zero attached hydrogens (tertiary/aromatic N) is 1. The minimum atomic E-state index is -5.14. The van der Waals surface area contributed by atoms with Crippen LogP contribution < -0.4 is 9.79 Å². The van der Waals surface area contributed by atoms with Gasteiger partial charge in [0.1, 0.15) is 5.75 Å². The van der Waals surface area contributed by atoms with Crippen LogP contribution in [-0.2, 0) is 11.2 Å². The molecule has 10 heteroatoms. The topological polar surface area (TPSA) is 154 Å². The molecule has 1 aromatic heterocycles. The molecule has 18 heavy (non-hydrogen) atoms. The van der Waals surface area contributed by atoms with Crippen LogP contribution in [-0.4, -0.2) is 64.1 Å². The van der Waals surface area contributed by atoms with E-state index in [-0.39, 0.29) is 55.7 Å². The zero-order chi connectivity index (χ0) is 13.6. The maximum absolute atomic E-state index is 10.5. The third kappa shape index (κ3) is 8.12. The van der Waals surface area contributed by atoms with E-state index in [0.29, 0.717) is 17.5 Å². The van der Waals surface area contributed by atoms with Crippen molar-refractivity contribution in [1.29, 1.82) is 0 Å². The van der Waals surface area contributed by atoms with Crippen LogP contribution in [0, 0.1) is 6.92 Å². The number of carbonyl (C=O) groups excluding carboxylic acids is 1. The Morgan fingerprint density at radius 1 is 1.50 bits per heavy atom. The number of aromatic hydroxyl groups is 1. The number of pyridine rings is 1. The van der Waals surface area contributed by atoms with Gasteiger partial charge in [-0.25, -0.2) is 0 Å². The second-order valence-corrected chi connectivity index (χ2v) is 3.81. The Morgan fingerprint density at radius 3 is 2.28 bits per heavy atom. The van der Waals surface area contributed by atoms with Gasteiger partial charge in [-0.3, -0.25) is 9.78 Å². The Labute approximate surface area is 133 Å². The zero-order valence-electron chi connectivity index (χ0n) is 9.44. The first-order valence-corrected chi connectivity index (χ1v) is 5.68. The van der Waals surface area contributed by atoms with Crippen molar-refractivity contribution in [3.05, 3.63) is 23.0 Å². The third-order valence-corrected chi connectivity index (χ3v) is 1.65. The summed E-state index contributed by atoms with van der Waals surface area (Å²) in [6.07, 6.45) is 1.88. The van der Waals surface area contributed by atoms with Crippen LogP contribution in [0.1, 0.15) is 21.6 Å². The van der Waals surface area contributed by atoms with Gasteiger partial charge in [0.25, 0.3) is 0 Å². The molecule has 0 saturated heterocycles. The predicted molar refractivity (Wildman–Crippen MR) is 57.5 cm³/mol. The number of hydrogen-bond donors (Lipinski definition) is 3. The van der Waals surface area contributed by atoms with Gasteiger partial charge in [0.2, 0.25) is 0 Å². The molecule has 1 aromatic rings. The number of aliphatic hydroxyl groups is 1. The van der Waals surface area contributed by atoms with Gasteiger partial charge in [0.05, 0.1) is 25.7 Å². The quantitative estimate of drug-likeness (QED) is 0.317. The second kappa shape index (κ2) is 8.95. The van der Waals surface area contributed by atoms with Crippen molar-refractivity contribution < 1.29 is 34.3 Å². The van der Waals surface area contributed by atoms with Gasteiger partial charge in [-0.15, -0.1) is 0 Å². The smallest absolute Gasteiger partial charge is 0.790 e. The number of hydrogen-bond acceptors (Lipinski definition) is 7. The molecule has 0 aliphatic heterocycles. The zero-order valence-corrected chi connectivity index (χ0v) is 12.5. The van der Waals surface area contributed by atoms with Crippen LogP contribution in [0.25, 0.3) is 0 Å². The number of aryl methyl sites for hydroxylation is 1. The van der Waals surface area contributed by atoms with E-state index < -0.39 is 7.82 Å². The van der Waals surface area contributed by atoms with Crippen LogP contribution in [0.2, 0.25) is 0 Å². The molecule has 0 atom stereocenters. The van der Waals surface area contributed by atoms with Gasteiger partial charge in [-0.1, -0.05) is 0 Å². The van der Waals surface area contributed by atoms with Gasteiger partial charge in [0, 0.05) is 11.8 Å². The first kappa shape index (κ1) is 20.3. The number of rotatable bonds is 2. The number of aromatic nitrogens is 1. The molecule has 0 aliphatic carbocycles. The van der Waals surface area contributed by atoms with Crippen molar-refractivity contribution in [3.8, 4) is 5.75 Å². The molecule has 0 spiro atoms. The second-order valence-electron chi connectivity index (χ2n) is 2.88. The average molecular weight is 303 g/mol. The fourth-order valence-electron chi connectivity index (χ4n) is 0.910. The van der Waals surface area contributed by atoms with Crippen LogP contribution >= 0.6 is 7.82 Å². The molecule has 1 heterocycles. The summed E-state index contributed by atoms with van der Waals surface area (Å²) in [4.78, 5) is 38.5. The van der Waals surface area contributed by atoms with E-state index in [4.69, 9.17) is 24.4 Å². The molecular formula is C8H10CaNO7P. The molecule has 0 saturated carbocycles. The number of phosphoric acid groups is 1. The molecule has 3 N–H and O–H groups in total. The molecule has 0 amide bonds. The number of aliphatic hydroxyl groups excluding tert-OH is 1. The molecule has 0 unspecified atom stereocenters. The van der Waals surface area contributed by atoms with Gasteiger partial charge in [0.15, 0.2) is 6.29 Å². The standard InChI is InChI=1S/C8H9NO3.Ca.H3O4P/c1-5-8(12)7(4-11)6(3-10)2-9-5;;1-5(2,3)4/h2,4,10,12H,3H2,1H3;;(H3,1,2,3,4)/q;+2;/p-2. The SMILES string of the molecule is Cc1ncc(CO)c(C=O)c1O.O=P([O-])([O-])O.[Ca+2]. The van der Waals surface area contributed by atoms with Gasteiger partial charge < -0.3 is 29.5 Å². The summed E-state index contributed by atoms with van der Waals surface area (Å²) < 4.78 is 8.66. The van der Waals surface area contributed by atoms with Gasteiger partial charge in [-0.05, 0) is 6.92 Å². The summed E-state index contributed by atoms with van der Waals surface area (Å²) in [6.45, 7) is 1.29. The van der Waals surface area contributed by atoms with E-state index in [1.165, 1.54) is 6.20 Å². The number of carbonyl (C=O) groups is 1. The molecule has 0 radical (unpaired) electrons. The Kier molecular flexibility index (Phi) is 10.1. The molecule has 0 aliphatic rings. The Morgan fingerprint density at radius 2 is 1.94 bits per heavy atom. The summed E-state index contributed by atoms with van der Waals surface area (Å²) >= 11 is 0. The maximum Gasteiger partial charge on any atom is 2.00 e. The van der Waals surface area contributed by atoms with E-state index in [9.17, 15) is 9.90 Å². The van der Waals surface area contributed by atoms with Crippen molar-refractivity contribution in [3.63, 3.8) is 0 Å². The van der Waals surface area contributed by atoms with Crippen LogP contribution in [0.4, 0.5) is 0 Å². The summed E-state index contributed by atoms with van der Waals surface area (Å²) in [7, 11) is -5.14. The van der Waals surface area contributed by atoms with Crippen molar-refractivity contribution in [2.45, 2.75) is 13.5 Å². The Hall–Kier alpha value is -0.0503. The molecule has 8 nitrogen and oxygen atoms in total. The van der Waals surface area contributed by atoms with Crippen LogP contribution in [0.3, 0.4) is 0 Å². The minimum absolute atomic E-state index is 0. The molecule has 1 rings (SSSR count). The largest absolute Gasteiger partial charge is 2.00 e. The molecule has 0 bridgehead atoms. The fraction of sp³-hybridized carbons (Fsp3) is 0.250. The van der Waals surface area contributed by atoms with Crippen molar-refractivity contribution in [2.24, 2.45) is 0 Å². The molecule has 0 fully saturated rings. The molecule has 0 aromatic carbocycles.